The van der Waals surface area contributed by atoms with E-state index in [-0.39, 0.29) is 23.1 Å². The van der Waals surface area contributed by atoms with Crippen LogP contribution in [0.25, 0.3) is 0 Å². The third-order valence-electron chi connectivity index (χ3n) is 4.72. The predicted molar refractivity (Wildman–Crippen MR) is 102 cm³/mol. The number of nitrogens with zero attached hydrogens (tertiary/aromatic N) is 1. The maximum Gasteiger partial charge on any atom is 0.198 e. The minimum absolute atomic E-state index is 0.00281. The van der Waals surface area contributed by atoms with E-state index in [2.05, 4.69) is 0 Å². The molecule has 1 N–H and O–H groups in total. The molecule has 1 saturated carbocycles. The summed E-state index contributed by atoms with van der Waals surface area (Å²) in [6.07, 6.45) is 4.12. The second-order valence-corrected chi connectivity index (χ2v) is 8.23. The highest BCUT2D eigenvalue weighted by Gasteiger charge is 2.36. The van der Waals surface area contributed by atoms with Crippen LogP contribution in [0.2, 0.25) is 0 Å². The number of carbonyl (C=O) groups excluding carboxylic acids is 2. The van der Waals surface area contributed by atoms with E-state index >= 15 is 0 Å². The van der Waals surface area contributed by atoms with E-state index in [9.17, 15) is 9.59 Å². The van der Waals surface area contributed by atoms with E-state index in [1.165, 1.54) is 0 Å². The second-order valence-electron chi connectivity index (χ2n) is 7.12. The molecule has 25 heavy (non-hydrogen) atoms. The molecule has 0 unspecified atom stereocenters. The Bertz CT molecular complexity index is 804. The van der Waals surface area contributed by atoms with Crippen LogP contribution in [0.3, 0.4) is 0 Å². The number of thioether (sulfide) groups is 1. The Kier molecular flexibility index (Phi) is 4.87. The van der Waals surface area contributed by atoms with Gasteiger partial charge in [-0.05, 0) is 50.3 Å². The minimum Gasteiger partial charge on any atom is -0.383 e. The molecule has 4 nitrogen and oxygen atoms in total. The Hall–Kier alpha value is -1.88. The summed E-state index contributed by atoms with van der Waals surface area (Å²) >= 11 is 1.75. The fourth-order valence-electron chi connectivity index (χ4n) is 3.26. The van der Waals surface area contributed by atoms with E-state index in [0.717, 1.165) is 46.6 Å². The van der Waals surface area contributed by atoms with Gasteiger partial charge in [-0.2, -0.15) is 0 Å². The fourth-order valence-corrected chi connectivity index (χ4v) is 4.48. The van der Waals surface area contributed by atoms with Crippen LogP contribution in [0.15, 0.2) is 22.7 Å². The normalized spacial score (nSPS) is 17.3. The minimum atomic E-state index is -0.211. The summed E-state index contributed by atoms with van der Waals surface area (Å²) in [6.45, 7) is 3.89. The first kappa shape index (κ1) is 17.9. The Morgan fingerprint density at radius 2 is 1.96 bits per heavy atom. The molecule has 1 aromatic carbocycles. The second kappa shape index (κ2) is 6.79. The highest BCUT2D eigenvalue weighted by molar-refractivity contribution is 7.99. The van der Waals surface area contributed by atoms with Crippen LogP contribution < -0.4 is 0 Å². The zero-order valence-electron chi connectivity index (χ0n) is 15.2. The Morgan fingerprint density at radius 3 is 2.56 bits per heavy atom. The number of hydrogen-bond acceptors (Lipinski definition) is 5. The third-order valence-corrected chi connectivity index (χ3v) is 5.94. The number of hydrogen-bond donors (Lipinski definition) is 1. The number of nitrogens with one attached hydrogen (secondary N) is 1. The van der Waals surface area contributed by atoms with E-state index in [4.69, 9.17) is 5.41 Å². The van der Waals surface area contributed by atoms with Crippen molar-refractivity contribution in [3.8, 4) is 0 Å². The van der Waals surface area contributed by atoms with Crippen molar-refractivity contribution < 1.29 is 9.59 Å². The van der Waals surface area contributed by atoms with Gasteiger partial charge in [0, 0.05) is 53.7 Å². The number of carbonyl (C=O) groups is 2. The van der Waals surface area contributed by atoms with Gasteiger partial charge in [0.25, 0.3) is 0 Å². The highest BCUT2D eigenvalue weighted by atomic mass is 32.2. The van der Waals surface area contributed by atoms with Gasteiger partial charge >= 0.3 is 0 Å². The van der Waals surface area contributed by atoms with Crippen LogP contribution in [-0.4, -0.2) is 42.0 Å². The summed E-state index contributed by atoms with van der Waals surface area (Å²) in [6, 6.07) is 1.89. The SMILES string of the molecule is Cc1cc(C(=O)/C(=C/N(C)C)C(=O)C2CC2)c(C)c2c1SCCC2=N. The van der Waals surface area contributed by atoms with Crippen LogP contribution in [0.4, 0.5) is 0 Å². The van der Waals surface area contributed by atoms with Gasteiger partial charge in [0.1, 0.15) is 0 Å². The van der Waals surface area contributed by atoms with Gasteiger partial charge in [-0.3, -0.25) is 9.59 Å². The van der Waals surface area contributed by atoms with E-state index < -0.39 is 0 Å². The number of benzene rings is 1. The number of aryl methyl sites for hydroxylation is 1. The van der Waals surface area contributed by atoms with Gasteiger partial charge in [0.05, 0.1) is 5.57 Å². The van der Waals surface area contributed by atoms with Gasteiger partial charge < -0.3 is 10.3 Å². The summed E-state index contributed by atoms with van der Waals surface area (Å²) in [5.74, 6) is 0.657. The first-order chi connectivity index (χ1) is 11.8. The zero-order valence-corrected chi connectivity index (χ0v) is 16.0. The third kappa shape index (κ3) is 3.43. The monoisotopic (exact) mass is 356 g/mol. The van der Waals surface area contributed by atoms with Gasteiger partial charge in [-0.1, -0.05) is 0 Å². The molecule has 3 rings (SSSR count). The van der Waals surface area contributed by atoms with Gasteiger partial charge in [-0.25, -0.2) is 0 Å². The first-order valence-corrected chi connectivity index (χ1v) is 9.61. The van der Waals surface area contributed by atoms with Crippen LogP contribution in [0.1, 0.15) is 46.3 Å². The molecule has 0 saturated heterocycles. The van der Waals surface area contributed by atoms with Crippen molar-refractivity contribution in [2.24, 2.45) is 5.92 Å². The summed E-state index contributed by atoms with van der Waals surface area (Å²) in [5.41, 5.74) is 4.16. The van der Waals surface area contributed by atoms with E-state index in [0.29, 0.717) is 11.3 Å². The van der Waals surface area contributed by atoms with Crippen molar-refractivity contribution in [3.05, 3.63) is 40.1 Å². The number of Topliss-reactive ketones (excluding diaryl/α,β-unsaturated/α-hetero) is 2. The van der Waals surface area contributed by atoms with Crippen molar-refractivity contribution in [1.82, 2.24) is 4.90 Å². The van der Waals surface area contributed by atoms with Crippen molar-refractivity contribution in [3.63, 3.8) is 0 Å². The molecule has 1 fully saturated rings. The molecule has 0 spiro atoms. The quantitative estimate of drug-likeness (QED) is 0.377. The zero-order chi connectivity index (χ0) is 18.3. The number of allylic oxidation sites excluding steroid dienone is 1. The van der Waals surface area contributed by atoms with Crippen LogP contribution >= 0.6 is 11.8 Å². The molecule has 0 bridgehead atoms. The van der Waals surface area contributed by atoms with Gasteiger partial charge in [0.15, 0.2) is 11.6 Å². The Labute approximate surface area is 153 Å². The summed E-state index contributed by atoms with van der Waals surface area (Å²) < 4.78 is 0. The molecular formula is C20H24N2O2S. The van der Waals surface area contributed by atoms with Crippen LogP contribution in [-0.2, 0) is 4.79 Å². The summed E-state index contributed by atoms with van der Waals surface area (Å²) in [4.78, 5) is 28.7. The molecule has 0 radical (unpaired) electrons. The van der Waals surface area contributed by atoms with Crippen molar-refractivity contribution >= 4 is 29.0 Å². The molecule has 1 aromatic rings. The maximum atomic E-state index is 13.2. The smallest absolute Gasteiger partial charge is 0.198 e. The van der Waals surface area contributed by atoms with Crippen LogP contribution in [0, 0.1) is 25.2 Å². The predicted octanol–water partition coefficient (Wildman–Crippen LogP) is 3.77. The molecule has 0 amide bonds. The molecule has 1 aliphatic heterocycles. The number of fused-ring (bicyclic) bond motifs is 1. The lowest BCUT2D eigenvalue weighted by Crippen LogP contribution is -2.21. The molecular weight excluding hydrogens is 332 g/mol. The lowest BCUT2D eigenvalue weighted by Gasteiger charge is -2.23. The standard InChI is InChI=1S/C20H24N2O2S/c1-11-9-14(12(2)17-16(21)7-8-25-20(11)17)19(24)15(10-22(3)4)18(23)13-5-6-13/h9-10,13,21H,5-8H2,1-4H3/b15-10+,21-16?. The van der Waals surface area contributed by atoms with Gasteiger partial charge in [0.2, 0.25) is 0 Å². The molecule has 5 heteroatoms. The average Bonchev–Trinajstić information content (AvgIpc) is 3.39. The largest absolute Gasteiger partial charge is 0.383 e. The molecule has 0 aromatic heterocycles. The average molecular weight is 356 g/mol. The lowest BCUT2D eigenvalue weighted by atomic mass is 9.89. The number of rotatable bonds is 5. The topological polar surface area (TPSA) is 61.2 Å². The molecule has 1 heterocycles. The maximum absolute atomic E-state index is 13.2. The van der Waals surface area contributed by atoms with Crippen molar-refractivity contribution in [2.75, 3.05) is 19.8 Å². The van der Waals surface area contributed by atoms with Crippen molar-refractivity contribution in [1.29, 1.82) is 5.41 Å². The molecule has 1 aliphatic carbocycles. The lowest BCUT2D eigenvalue weighted by molar-refractivity contribution is -0.116. The first-order valence-electron chi connectivity index (χ1n) is 8.63. The molecule has 132 valence electrons. The number of ketones is 2. The Balaban J connectivity index is 2.09. The summed E-state index contributed by atoms with van der Waals surface area (Å²) in [5, 5.41) is 8.31. The van der Waals surface area contributed by atoms with Crippen LogP contribution in [0.5, 0.6) is 0 Å². The fraction of sp³-hybridized carbons (Fsp3) is 0.450. The van der Waals surface area contributed by atoms with Crippen molar-refractivity contribution in [2.45, 2.75) is 38.0 Å². The highest BCUT2D eigenvalue weighted by Crippen LogP contribution is 2.38. The van der Waals surface area contributed by atoms with Gasteiger partial charge in [-0.15, -0.1) is 11.8 Å². The molecule has 0 atom stereocenters. The summed E-state index contributed by atoms with van der Waals surface area (Å²) in [7, 11) is 3.65. The Morgan fingerprint density at radius 1 is 1.28 bits per heavy atom. The molecule has 2 aliphatic rings. The van der Waals surface area contributed by atoms with E-state index in [1.54, 1.807) is 22.9 Å². The van der Waals surface area contributed by atoms with E-state index in [1.807, 2.05) is 34.0 Å².